The lowest BCUT2D eigenvalue weighted by Crippen LogP contribution is -1.95. The number of nitrogens with one attached hydrogen (secondary N) is 1. The normalized spacial score (nSPS) is 10.6. The number of thiophene rings is 1. The van der Waals surface area contributed by atoms with Crippen molar-refractivity contribution >= 4 is 44.7 Å². The largest absolute Gasteiger partial charge is 0.497 e. The first-order chi connectivity index (χ1) is 9.26. The maximum atomic E-state index is 5.92. The maximum Gasteiger partial charge on any atom is 0.224 e. The Labute approximate surface area is 119 Å². The van der Waals surface area contributed by atoms with E-state index in [1.165, 1.54) is 0 Å². The molecule has 1 N–H and O–H groups in total. The van der Waals surface area contributed by atoms with E-state index in [9.17, 15) is 0 Å². The molecule has 0 amide bonds. The van der Waals surface area contributed by atoms with Crippen LogP contribution in [0.1, 0.15) is 0 Å². The van der Waals surface area contributed by atoms with Crippen LogP contribution in [-0.2, 0) is 0 Å². The molecule has 0 unspecified atom stereocenters. The quantitative estimate of drug-likeness (QED) is 0.738. The van der Waals surface area contributed by atoms with Gasteiger partial charge in [0.15, 0.2) is 5.82 Å². The molecule has 0 radical (unpaired) electrons. The molecule has 0 aliphatic carbocycles. The molecule has 0 spiro atoms. The summed E-state index contributed by atoms with van der Waals surface area (Å²) in [6.07, 6.45) is 0. The van der Waals surface area contributed by atoms with Gasteiger partial charge in [-0.2, -0.15) is 4.98 Å². The summed E-state index contributed by atoms with van der Waals surface area (Å²) in [5.41, 5.74) is 1.77. The summed E-state index contributed by atoms with van der Waals surface area (Å²) in [7, 11) is 1.64. The van der Waals surface area contributed by atoms with Gasteiger partial charge in [-0.15, -0.1) is 11.3 Å². The van der Waals surface area contributed by atoms with Crippen LogP contribution >= 0.6 is 22.9 Å². The highest BCUT2D eigenvalue weighted by molar-refractivity contribution is 7.17. The lowest BCUT2D eigenvalue weighted by atomic mass is 10.3. The Morgan fingerprint density at radius 3 is 2.68 bits per heavy atom. The van der Waals surface area contributed by atoms with Crippen LogP contribution in [0.5, 0.6) is 5.75 Å². The molecule has 0 saturated carbocycles. The lowest BCUT2D eigenvalue weighted by Gasteiger charge is -2.07. The van der Waals surface area contributed by atoms with Gasteiger partial charge < -0.3 is 10.1 Å². The van der Waals surface area contributed by atoms with Crippen molar-refractivity contribution in [3.63, 3.8) is 0 Å². The van der Waals surface area contributed by atoms with Crippen molar-refractivity contribution in [1.82, 2.24) is 9.97 Å². The number of nitrogens with zero attached hydrogens (tertiary/aromatic N) is 2. The average Bonchev–Trinajstić information content (AvgIpc) is 2.88. The molecular weight excluding hydrogens is 282 g/mol. The van der Waals surface area contributed by atoms with Crippen molar-refractivity contribution in [2.45, 2.75) is 0 Å². The maximum absolute atomic E-state index is 5.92. The minimum Gasteiger partial charge on any atom is -0.497 e. The third-order valence-electron chi connectivity index (χ3n) is 2.63. The van der Waals surface area contributed by atoms with E-state index < -0.39 is 0 Å². The molecule has 0 fully saturated rings. The zero-order chi connectivity index (χ0) is 13.2. The lowest BCUT2D eigenvalue weighted by molar-refractivity contribution is 0.415. The molecular formula is C13H10ClN3OS. The van der Waals surface area contributed by atoms with Crippen molar-refractivity contribution in [2.24, 2.45) is 0 Å². The number of anilines is 2. The molecule has 3 aromatic rings. The Morgan fingerprint density at radius 2 is 1.95 bits per heavy atom. The predicted octanol–water partition coefficient (Wildman–Crippen LogP) is 4.10. The molecule has 96 valence electrons. The van der Waals surface area contributed by atoms with Gasteiger partial charge >= 0.3 is 0 Å². The summed E-state index contributed by atoms with van der Waals surface area (Å²) >= 11 is 7.50. The second-order valence-electron chi connectivity index (χ2n) is 3.83. The summed E-state index contributed by atoms with van der Waals surface area (Å²) in [5.74, 6) is 1.53. The van der Waals surface area contributed by atoms with Gasteiger partial charge in [-0.05, 0) is 47.3 Å². The highest BCUT2D eigenvalue weighted by Crippen LogP contribution is 2.29. The minimum absolute atomic E-state index is 0.238. The molecule has 0 aliphatic rings. The first-order valence-corrected chi connectivity index (χ1v) is 6.84. The van der Waals surface area contributed by atoms with Gasteiger partial charge in [0.05, 0.1) is 17.3 Å². The number of halogens is 1. The van der Waals surface area contributed by atoms with Crippen molar-refractivity contribution < 1.29 is 4.74 Å². The van der Waals surface area contributed by atoms with Crippen LogP contribution in [0, 0.1) is 0 Å². The number of hydrogen-bond acceptors (Lipinski definition) is 5. The molecule has 6 heteroatoms. The van der Waals surface area contributed by atoms with E-state index in [1.54, 1.807) is 18.4 Å². The van der Waals surface area contributed by atoms with Crippen LogP contribution in [0.15, 0.2) is 35.7 Å². The fraction of sp³-hybridized carbons (Fsp3) is 0.0769. The molecule has 2 aromatic heterocycles. The zero-order valence-electron chi connectivity index (χ0n) is 10.1. The second-order valence-corrected chi connectivity index (χ2v) is 5.08. The highest BCUT2D eigenvalue weighted by atomic mass is 35.5. The molecule has 0 bridgehead atoms. The van der Waals surface area contributed by atoms with Crippen LogP contribution in [0.4, 0.5) is 11.5 Å². The summed E-state index contributed by atoms with van der Waals surface area (Å²) in [6, 6.07) is 9.54. The molecule has 3 rings (SSSR count). The number of aromatic nitrogens is 2. The van der Waals surface area contributed by atoms with E-state index >= 15 is 0 Å². The van der Waals surface area contributed by atoms with Crippen molar-refractivity contribution in [3.05, 3.63) is 41.0 Å². The number of methoxy groups -OCH3 is 1. The van der Waals surface area contributed by atoms with E-state index in [-0.39, 0.29) is 5.28 Å². The summed E-state index contributed by atoms with van der Waals surface area (Å²) in [4.78, 5) is 8.40. The number of ether oxygens (including phenoxy) is 1. The van der Waals surface area contributed by atoms with E-state index in [0.717, 1.165) is 27.5 Å². The Kier molecular flexibility index (Phi) is 3.23. The van der Waals surface area contributed by atoms with Gasteiger partial charge in [0, 0.05) is 5.69 Å². The third kappa shape index (κ3) is 2.47. The van der Waals surface area contributed by atoms with Gasteiger partial charge in [0.25, 0.3) is 0 Å². The summed E-state index contributed by atoms with van der Waals surface area (Å²) < 4.78 is 6.11. The van der Waals surface area contributed by atoms with Crippen LogP contribution in [0.25, 0.3) is 10.2 Å². The Hall–Kier alpha value is -1.85. The SMILES string of the molecule is COc1ccc(Nc2nc(Cl)nc3ccsc23)cc1. The smallest absolute Gasteiger partial charge is 0.224 e. The van der Waals surface area contributed by atoms with E-state index in [4.69, 9.17) is 16.3 Å². The highest BCUT2D eigenvalue weighted by Gasteiger charge is 2.08. The first kappa shape index (κ1) is 12.2. The molecule has 4 nitrogen and oxygen atoms in total. The number of rotatable bonds is 3. The fourth-order valence-corrected chi connectivity index (χ4v) is 2.68. The molecule has 0 saturated heterocycles. The standard InChI is InChI=1S/C13H10ClN3OS/c1-18-9-4-2-8(3-5-9)15-12-11-10(6-7-19-11)16-13(14)17-12/h2-7H,1H3,(H,15,16,17). The van der Waals surface area contributed by atoms with Gasteiger partial charge in [0.1, 0.15) is 5.75 Å². The molecule has 19 heavy (non-hydrogen) atoms. The topological polar surface area (TPSA) is 47.0 Å². The van der Waals surface area contributed by atoms with E-state index in [1.807, 2.05) is 35.7 Å². The van der Waals surface area contributed by atoms with Gasteiger partial charge in [-0.1, -0.05) is 0 Å². The Bertz CT molecular complexity index is 711. The third-order valence-corrected chi connectivity index (χ3v) is 3.71. The van der Waals surface area contributed by atoms with Crippen LogP contribution in [0.2, 0.25) is 5.28 Å². The number of hydrogen-bond donors (Lipinski definition) is 1. The van der Waals surface area contributed by atoms with Gasteiger partial charge in [0.2, 0.25) is 5.28 Å². The van der Waals surface area contributed by atoms with Gasteiger partial charge in [-0.25, -0.2) is 4.98 Å². The van der Waals surface area contributed by atoms with Crippen molar-refractivity contribution in [2.75, 3.05) is 12.4 Å². The first-order valence-electron chi connectivity index (χ1n) is 5.58. The molecule has 1 aromatic carbocycles. The molecule has 0 atom stereocenters. The molecule has 2 heterocycles. The van der Waals surface area contributed by atoms with Crippen LogP contribution < -0.4 is 10.1 Å². The zero-order valence-corrected chi connectivity index (χ0v) is 11.6. The van der Waals surface area contributed by atoms with Gasteiger partial charge in [-0.3, -0.25) is 0 Å². The Balaban J connectivity index is 1.97. The fourth-order valence-electron chi connectivity index (χ4n) is 1.73. The minimum atomic E-state index is 0.238. The van der Waals surface area contributed by atoms with E-state index in [0.29, 0.717) is 0 Å². The number of fused-ring (bicyclic) bond motifs is 1. The van der Waals surface area contributed by atoms with Crippen LogP contribution in [0.3, 0.4) is 0 Å². The second kappa shape index (κ2) is 5.03. The monoisotopic (exact) mass is 291 g/mol. The van der Waals surface area contributed by atoms with Crippen molar-refractivity contribution in [3.8, 4) is 5.75 Å². The summed E-state index contributed by atoms with van der Waals surface area (Å²) in [5, 5.41) is 5.45. The van der Waals surface area contributed by atoms with Crippen LogP contribution in [-0.4, -0.2) is 17.1 Å². The van der Waals surface area contributed by atoms with E-state index in [2.05, 4.69) is 15.3 Å². The average molecular weight is 292 g/mol. The summed E-state index contributed by atoms with van der Waals surface area (Å²) in [6.45, 7) is 0. The molecule has 0 aliphatic heterocycles. The predicted molar refractivity (Wildman–Crippen MR) is 78.7 cm³/mol. The Morgan fingerprint density at radius 1 is 1.16 bits per heavy atom. The number of benzene rings is 1. The van der Waals surface area contributed by atoms with Crippen molar-refractivity contribution in [1.29, 1.82) is 0 Å².